The molecule has 1 atom stereocenters. The quantitative estimate of drug-likeness (QED) is 0.779. The summed E-state index contributed by atoms with van der Waals surface area (Å²) in [6.07, 6.45) is 2.12. The highest BCUT2D eigenvalue weighted by atomic mass is 19.1. The van der Waals surface area contributed by atoms with E-state index in [0.29, 0.717) is 17.0 Å². The van der Waals surface area contributed by atoms with E-state index in [2.05, 4.69) is 4.90 Å². The molecule has 140 valence electrons. The van der Waals surface area contributed by atoms with Crippen LogP contribution in [0.4, 0.5) is 4.39 Å². The van der Waals surface area contributed by atoms with Crippen molar-refractivity contribution in [2.75, 3.05) is 46.9 Å². The van der Waals surface area contributed by atoms with Crippen LogP contribution >= 0.6 is 0 Å². The highest BCUT2D eigenvalue weighted by Gasteiger charge is 2.28. The molecule has 1 fully saturated rings. The molecule has 0 bridgehead atoms. The third kappa shape index (κ3) is 5.49. The zero-order valence-corrected chi connectivity index (χ0v) is 15.4. The lowest BCUT2D eigenvalue weighted by Crippen LogP contribution is -2.41. The third-order valence-electron chi connectivity index (χ3n) is 5.04. The Labute approximate surface area is 149 Å². The molecule has 0 saturated carbocycles. The smallest absolute Gasteiger partial charge is 0.325 e. The van der Waals surface area contributed by atoms with Gasteiger partial charge in [-0.25, -0.2) is 4.39 Å². The summed E-state index contributed by atoms with van der Waals surface area (Å²) in [4.78, 5) is 16.1. The molecule has 0 aliphatic carbocycles. The topological polar surface area (TPSA) is 53.0 Å². The summed E-state index contributed by atoms with van der Waals surface area (Å²) in [7, 11) is 3.56. The summed E-state index contributed by atoms with van der Waals surface area (Å²) < 4.78 is 18.6. The van der Waals surface area contributed by atoms with E-state index in [9.17, 15) is 14.3 Å². The molecule has 0 aromatic heterocycles. The highest BCUT2D eigenvalue weighted by molar-refractivity contribution is 5.75. The fourth-order valence-corrected chi connectivity index (χ4v) is 3.55. The van der Waals surface area contributed by atoms with Crippen molar-refractivity contribution in [2.45, 2.75) is 25.8 Å². The van der Waals surface area contributed by atoms with Gasteiger partial charge in [0.25, 0.3) is 0 Å². The molecular weight excluding hydrogens is 323 g/mol. The Balaban J connectivity index is 1.96. The monoisotopic (exact) mass is 352 g/mol. The van der Waals surface area contributed by atoms with Gasteiger partial charge in [0.1, 0.15) is 11.9 Å². The molecule has 1 aliphatic rings. The van der Waals surface area contributed by atoms with E-state index in [1.807, 2.05) is 11.9 Å². The molecule has 0 radical (unpaired) electrons. The number of carboxylic acid groups (broad SMARTS) is 1. The van der Waals surface area contributed by atoms with Crippen molar-refractivity contribution in [3.63, 3.8) is 0 Å². The largest absolute Gasteiger partial charge is 0.480 e. The summed E-state index contributed by atoms with van der Waals surface area (Å²) in [5, 5.41) is 9.67. The van der Waals surface area contributed by atoms with Crippen LogP contribution in [0.3, 0.4) is 0 Å². The first kappa shape index (κ1) is 19.8. The van der Waals surface area contributed by atoms with E-state index in [-0.39, 0.29) is 5.82 Å². The number of hydrogen-bond donors (Lipinski definition) is 1. The summed E-state index contributed by atoms with van der Waals surface area (Å²) in [5.41, 5.74) is 1.11. The molecular formula is C19H29FN2O3. The maximum absolute atomic E-state index is 13.5. The second-order valence-corrected chi connectivity index (χ2v) is 6.97. The number of carboxylic acids is 1. The van der Waals surface area contributed by atoms with Gasteiger partial charge in [-0.15, -0.1) is 0 Å². The molecule has 1 heterocycles. The van der Waals surface area contributed by atoms with Gasteiger partial charge in [0.2, 0.25) is 0 Å². The fraction of sp³-hybridized carbons (Fsp3) is 0.632. The Hall–Kier alpha value is -1.50. The second-order valence-electron chi connectivity index (χ2n) is 6.97. The minimum Gasteiger partial charge on any atom is -0.480 e. The molecule has 6 heteroatoms. The number of aliphatic carboxylic acids is 1. The average Bonchev–Trinajstić information content (AvgIpc) is 2.57. The van der Waals surface area contributed by atoms with Gasteiger partial charge in [0.15, 0.2) is 0 Å². The third-order valence-corrected chi connectivity index (χ3v) is 5.04. The van der Waals surface area contributed by atoms with E-state index < -0.39 is 12.0 Å². The molecule has 1 N–H and O–H groups in total. The zero-order valence-electron chi connectivity index (χ0n) is 15.4. The molecule has 2 rings (SSSR count). The van der Waals surface area contributed by atoms with Crippen molar-refractivity contribution in [1.82, 2.24) is 9.80 Å². The normalized spacial score (nSPS) is 17.8. The fourth-order valence-electron chi connectivity index (χ4n) is 3.55. The number of methoxy groups -OCH3 is 1. The number of likely N-dealkylation sites (N-methyl/N-ethyl adjacent to an activating group) is 1. The van der Waals surface area contributed by atoms with E-state index in [0.717, 1.165) is 45.6 Å². The highest BCUT2D eigenvalue weighted by Crippen LogP contribution is 2.25. The summed E-state index contributed by atoms with van der Waals surface area (Å²) in [5.74, 6) is -0.725. The van der Waals surface area contributed by atoms with E-state index >= 15 is 0 Å². The Morgan fingerprint density at radius 2 is 2.12 bits per heavy atom. The summed E-state index contributed by atoms with van der Waals surface area (Å²) in [6.45, 7) is 6.13. The van der Waals surface area contributed by atoms with Crippen LogP contribution < -0.4 is 0 Å². The summed E-state index contributed by atoms with van der Waals surface area (Å²) in [6, 6.07) is 3.82. The molecule has 1 aromatic rings. The standard InChI is InChI=1S/C19H29FN2O3/c1-14-12-16(4-5-17(14)20)18(19(23)24)21(2)13-15-6-8-22(9-7-15)10-11-25-3/h4-5,12,15,18H,6-11,13H2,1-3H3,(H,23,24). The zero-order chi connectivity index (χ0) is 18.4. The van der Waals surface area contributed by atoms with Crippen molar-refractivity contribution in [1.29, 1.82) is 0 Å². The van der Waals surface area contributed by atoms with Crippen molar-refractivity contribution in [3.05, 3.63) is 35.1 Å². The second kappa shape index (κ2) is 9.27. The van der Waals surface area contributed by atoms with Crippen LogP contribution in [0.5, 0.6) is 0 Å². The first-order valence-corrected chi connectivity index (χ1v) is 8.82. The molecule has 1 unspecified atom stereocenters. The van der Waals surface area contributed by atoms with Crippen molar-refractivity contribution in [3.8, 4) is 0 Å². The van der Waals surface area contributed by atoms with Crippen molar-refractivity contribution < 1.29 is 19.0 Å². The van der Waals surface area contributed by atoms with Crippen molar-refractivity contribution >= 4 is 5.97 Å². The number of aryl methyl sites for hydroxylation is 1. The Bertz CT molecular complexity index is 574. The summed E-state index contributed by atoms with van der Waals surface area (Å²) >= 11 is 0. The van der Waals surface area contributed by atoms with E-state index in [1.165, 1.54) is 6.07 Å². The number of rotatable bonds is 8. The maximum atomic E-state index is 13.5. The minimum atomic E-state index is -0.897. The van der Waals surface area contributed by atoms with Crippen molar-refractivity contribution in [2.24, 2.45) is 5.92 Å². The van der Waals surface area contributed by atoms with Gasteiger partial charge in [-0.1, -0.05) is 12.1 Å². The van der Waals surface area contributed by atoms with Crippen LogP contribution in [0.15, 0.2) is 18.2 Å². The molecule has 1 aromatic carbocycles. The average molecular weight is 352 g/mol. The van der Waals surface area contributed by atoms with Crippen LogP contribution in [0.1, 0.15) is 30.0 Å². The molecule has 1 aliphatic heterocycles. The van der Waals surface area contributed by atoms with E-state index in [4.69, 9.17) is 4.74 Å². The number of likely N-dealkylation sites (tertiary alicyclic amines) is 1. The number of halogens is 1. The van der Waals surface area contributed by atoms with Crippen LogP contribution in [0, 0.1) is 18.7 Å². The van der Waals surface area contributed by atoms with Gasteiger partial charge in [-0.2, -0.15) is 0 Å². The van der Waals surface area contributed by atoms with E-state index in [1.54, 1.807) is 26.2 Å². The van der Waals surface area contributed by atoms with Gasteiger partial charge in [-0.3, -0.25) is 9.69 Å². The molecule has 0 amide bonds. The van der Waals surface area contributed by atoms with Gasteiger partial charge >= 0.3 is 5.97 Å². The maximum Gasteiger partial charge on any atom is 0.325 e. The molecule has 25 heavy (non-hydrogen) atoms. The van der Waals surface area contributed by atoms with Gasteiger partial charge < -0.3 is 14.7 Å². The number of carbonyl (C=O) groups is 1. The minimum absolute atomic E-state index is 0.307. The number of benzene rings is 1. The SMILES string of the molecule is COCCN1CCC(CN(C)C(C(=O)O)c2ccc(F)c(C)c2)CC1. The van der Waals surface area contributed by atoms with Gasteiger partial charge in [0.05, 0.1) is 6.61 Å². The predicted molar refractivity (Wildman–Crippen MR) is 95.2 cm³/mol. The van der Waals surface area contributed by atoms with Gasteiger partial charge in [-0.05, 0) is 63.0 Å². The lowest BCUT2D eigenvalue weighted by atomic mass is 9.94. The Kier molecular flexibility index (Phi) is 7.35. The Morgan fingerprint density at radius 3 is 2.68 bits per heavy atom. The first-order valence-electron chi connectivity index (χ1n) is 8.82. The number of hydrogen-bond acceptors (Lipinski definition) is 4. The first-order chi connectivity index (χ1) is 11.9. The number of nitrogens with zero attached hydrogens (tertiary/aromatic N) is 2. The van der Waals surface area contributed by atoms with Crippen LogP contribution in [0.2, 0.25) is 0 Å². The van der Waals surface area contributed by atoms with Crippen LogP contribution in [0.25, 0.3) is 0 Å². The Morgan fingerprint density at radius 1 is 1.44 bits per heavy atom. The van der Waals surface area contributed by atoms with Gasteiger partial charge in [0, 0.05) is 20.2 Å². The lowest BCUT2D eigenvalue weighted by Gasteiger charge is -2.35. The lowest BCUT2D eigenvalue weighted by molar-refractivity contribution is -0.143. The number of piperidine rings is 1. The predicted octanol–water partition coefficient (Wildman–Crippen LogP) is 2.55. The number of ether oxygens (including phenoxy) is 1. The van der Waals surface area contributed by atoms with Crippen LogP contribution in [-0.2, 0) is 9.53 Å². The molecule has 0 spiro atoms. The molecule has 1 saturated heterocycles. The van der Waals surface area contributed by atoms with Crippen LogP contribution in [-0.4, -0.2) is 67.8 Å². The molecule has 5 nitrogen and oxygen atoms in total.